The van der Waals surface area contributed by atoms with E-state index in [1.807, 2.05) is 0 Å². The Morgan fingerprint density at radius 3 is 2.20 bits per heavy atom. The zero-order chi connectivity index (χ0) is 7.02. The molecule has 10 heavy (non-hydrogen) atoms. The fourth-order valence-electron chi connectivity index (χ4n) is 0.698. The summed E-state index contributed by atoms with van der Waals surface area (Å²) in [7, 11) is 1.68. The molecule has 0 unspecified atom stereocenters. The number of hydrogen-bond donors (Lipinski definition) is 0. The summed E-state index contributed by atoms with van der Waals surface area (Å²) in [6.45, 7) is 3.47. The van der Waals surface area contributed by atoms with Crippen LogP contribution in [0.4, 0.5) is 0 Å². The summed E-state index contributed by atoms with van der Waals surface area (Å²) in [6.07, 6.45) is 0.738. The Morgan fingerprint density at radius 1 is 1.60 bits per heavy atom. The van der Waals surface area contributed by atoms with Crippen LogP contribution >= 0.6 is 0 Å². The second-order valence-corrected chi connectivity index (χ2v) is 2.00. The van der Waals surface area contributed by atoms with Gasteiger partial charge >= 0.3 is 0 Å². The number of aliphatic imine (C=N–C) groups is 1. The van der Waals surface area contributed by atoms with E-state index in [1.165, 1.54) is 5.01 Å². The monoisotopic (exact) mass is 230 g/mol. The average molecular weight is 230 g/mol. The van der Waals surface area contributed by atoms with Crippen molar-refractivity contribution in [1.29, 1.82) is 0 Å². The van der Waals surface area contributed by atoms with Crippen molar-refractivity contribution in [3.05, 3.63) is 11.4 Å². The summed E-state index contributed by atoms with van der Waals surface area (Å²) >= 11 is 0. The van der Waals surface area contributed by atoms with Crippen LogP contribution in [-0.4, -0.2) is 23.1 Å². The third kappa shape index (κ3) is 1.48. The van der Waals surface area contributed by atoms with Gasteiger partial charge in [0.15, 0.2) is 0 Å². The Balaban J connectivity index is 0.000000810. The molecular weight excluding hydrogens is 221 g/mol. The fourth-order valence-corrected chi connectivity index (χ4v) is 0.698. The van der Waals surface area contributed by atoms with Crippen LogP contribution in [0, 0.1) is 11.4 Å². The van der Waals surface area contributed by atoms with Crippen LogP contribution in [0.3, 0.4) is 0 Å². The van der Waals surface area contributed by atoms with Gasteiger partial charge in [0.2, 0.25) is 0 Å². The quantitative estimate of drug-likeness (QED) is 0.451. The van der Waals surface area contributed by atoms with Crippen LogP contribution in [-0.2, 0) is 19.5 Å². The van der Waals surface area contributed by atoms with E-state index >= 15 is 0 Å². The van der Waals surface area contributed by atoms with Crippen LogP contribution in [0.15, 0.2) is 4.99 Å². The van der Waals surface area contributed by atoms with Crippen molar-refractivity contribution in [3.8, 4) is 0 Å². The maximum atomic E-state index is 10.8. The first-order valence-electron chi connectivity index (χ1n) is 2.72. The summed E-state index contributed by atoms with van der Waals surface area (Å²) in [5, 5.41) is 13.0. The molecule has 0 saturated carbocycles. The molecule has 1 aliphatic rings. The van der Waals surface area contributed by atoms with Crippen molar-refractivity contribution in [3.63, 3.8) is 0 Å². The van der Waals surface area contributed by atoms with Gasteiger partial charge in [-0.05, 0) is 12.9 Å². The number of hydroxylamine groups is 1. The topological polar surface area (TPSA) is 41.9 Å². The van der Waals surface area contributed by atoms with Gasteiger partial charge in [-0.2, -0.15) is 0 Å². The van der Waals surface area contributed by atoms with Crippen LogP contribution in [0.25, 0.3) is 0 Å². The van der Waals surface area contributed by atoms with Crippen LogP contribution in [0.2, 0.25) is 0 Å². The minimum absolute atomic E-state index is 0. The van der Waals surface area contributed by atoms with Crippen molar-refractivity contribution in [2.75, 3.05) is 7.05 Å². The Kier molecular flexibility index (Phi) is 3.29. The SMILES string of the molecule is CC1=N[C-](C)N(C)N1[O-].[Rh]. The minimum Gasteiger partial charge on any atom is -0.760 e. The Bertz CT molecular complexity index is 150. The molecule has 0 bridgehead atoms. The van der Waals surface area contributed by atoms with Gasteiger partial charge < -0.3 is 15.4 Å². The molecule has 0 aliphatic carbocycles. The molecule has 0 aromatic rings. The number of nitrogens with zero attached hydrogens (tertiary/aromatic N) is 3. The van der Waals surface area contributed by atoms with E-state index in [0.29, 0.717) is 5.84 Å². The largest absolute Gasteiger partial charge is 0.760 e. The molecule has 1 aliphatic heterocycles. The Morgan fingerprint density at radius 2 is 2.10 bits per heavy atom. The van der Waals surface area contributed by atoms with E-state index in [1.54, 1.807) is 20.9 Å². The first kappa shape index (κ1) is 9.88. The Hall–Kier alpha value is -0.117. The zero-order valence-corrected chi connectivity index (χ0v) is 7.72. The van der Waals surface area contributed by atoms with E-state index in [2.05, 4.69) is 4.99 Å². The molecule has 0 aromatic heterocycles. The number of hydrogen-bond acceptors (Lipinski definition) is 4. The number of hydrazine groups is 1. The van der Waals surface area contributed by atoms with E-state index in [0.717, 1.165) is 11.3 Å². The van der Waals surface area contributed by atoms with E-state index in [4.69, 9.17) is 0 Å². The molecule has 1 rings (SSSR count). The number of amidine groups is 1. The first-order valence-corrected chi connectivity index (χ1v) is 2.72. The maximum Gasteiger partial charge on any atom is 0 e. The van der Waals surface area contributed by atoms with Gasteiger partial charge in [-0.25, -0.2) is 0 Å². The predicted octanol–water partition coefficient (Wildman–Crippen LogP) is 0.572. The third-order valence-corrected chi connectivity index (χ3v) is 1.34. The summed E-state index contributed by atoms with van der Waals surface area (Å²) in [4.78, 5) is 3.92. The molecule has 5 heteroatoms. The molecule has 4 nitrogen and oxygen atoms in total. The summed E-state index contributed by atoms with van der Waals surface area (Å²) in [5.74, 6) is 0.495. The smallest absolute Gasteiger partial charge is 0 e. The molecule has 0 spiro atoms. The zero-order valence-electron chi connectivity index (χ0n) is 6.08. The average Bonchev–Trinajstić information content (AvgIpc) is 1.98. The van der Waals surface area contributed by atoms with E-state index in [-0.39, 0.29) is 19.5 Å². The van der Waals surface area contributed by atoms with Gasteiger partial charge in [-0.1, -0.05) is 20.0 Å². The summed E-state index contributed by atoms with van der Waals surface area (Å²) in [5.41, 5.74) is 0. The van der Waals surface area contributed by atoms with Gasteiger partial charge in [-0.15, -0.1) is 0 Å². The molecule has 1 heterocycles. The molecule has 61 valence electrons. The normalized spacial score (nSPS) is 19.0. The molecule has 1 radical (unpaired) electrons. The standard InChI is InChI=1S/C5H9N3O.Rh/c1-4-6-5(2)8(9)7(4)3;/h1-3H3;/q-2;. The molecule has 0 atom stereocenters. The van der Waals surface area contributed by atoms with Crippen LogP contribution < -0.4 is 0 Å². The fraction of sp³-hybridized carbons (Fsp3) is 0.600. The molecule has 0 saturated heterocycles. The van der Waals surface area contributed by atoms with Crippen molar-refractivity contribution >= 4 is 5.84 Å². The van der Waals surface area contributed by atoms with E-state index < -0.39 is 0 Å². The Labute approximate surface area is 73.2 Å². The molecule has 0 amide bonds. The van der Waals surface area contributed by atoms with Crippen molar-refractivity contribution in [1.82, 2.24) is 10.2 Å². The van der Waals surface area contributed by atoms with Crippen molar-refractivity contribution < 1.29 is 19.5 Å². The molecule has 0 aromatic carbocycles. The van der Waals surface area contributed by atoms with Crippen LogP contribution in [0.1, 0.15) is 13.8 Å². The van der Waals surface area contributed by atoms with Crippen molar-refractivity contribution in [2.45, 2.75) is 13.8 Å². The minimum atomic E-state index is 0. The van der Waals surface area contributed by atoms with Gasteiger partial charge in [0, 0.05) is 19.5 Å². The molecule has 0 fully saturated rings. The van der Waals surface area contributed by atoms with Crippen LogP contribution in [0.5, 0.6) is 0 Å². The van der Waals surface area contributed by atoms with Gasteiger partial charge in [0.05, 0.1) is 0 Å². The van der Waals surface area contributed by atoms with Crippen molar-refractivity contribution in [2.24, 2.45) is 4.99 Å². The third-order valence-electron chi connectivity index (χ3n) is 1.34. The summed E-state index contributed by atoms with van der Waals surface area (Å²) < 4.78 is 0. The first-order chi connectivity index (χ1) is 4.13. The van der Waals surface area contributed by atoms with Gasteiger partial charge in [0.25, 0.3) is 0 Å². The molecule has 0 N–H and O–H groups in total. The summed E-state index contributed by atoms with van der Waals surface area (Å²) in [6, 6.07) is 0. The van der Waals surface area contributed by atoms with E-state index in [9.17, 15) is 5.21 Å². The van der Waals surface area contributed by atoms with Gasteiger partial charge in [0.1, 0.15) is 0 Å². The maximum absolute atomic E-state index is 10.8. The second-order valence-electron chi connectivity index (χ2n) is 2.00. The second kappa shape index (κ2) is 3.33. The number of rotatable bonds is 0. The van der Waals surface area contributed by atoms with Gasteiger partial charge in [-0.3, -0.25) is 5.01 Å². The molecular formula is C5H9N3ORh-2. The predicted molar refractivity (Wildman–Crippen MR) is 35.0 cm³/mol.